The van der Waals surface area contributed by atoms with Crippen LogP contribution in [0.15, 0.2) is 29.2 Å². The number of benzene rings is 1. The molecule has 0 aliphatic carbocycles. The third-order valence-electron chi connectivity index (χ3n) is 5.83. The number of rotatable bonds is 4. The summed E-state index contributed by atoms with van der Waals surface area (Å²) in [4.78, 5) is 16.4. The summed E-state index contributed by atoms with van der Waals surface area (Å²) in [5, 5.41) is 0. The number of hydrogen-bond acceptors (Lipinski definition) is 3. The Hall–Kier alpha value is -1.44. The van der Waals surface area contributed by atoms with Crippen LogP contribution in [0.4, 0.5) is 0 Å². The maximum Gasteiger partial charge on any atom is 0.254 e. The lowest BCUT2D eigenvalue weighted by Crippen LogP contribution is -3.14. The van der Waals surface area contributed by atoms with Crippen molar-refractivity contribution in [3.05, 3.63) is 29.8 Å². The van der Waals surface area contributed by atoms with Crippen LogP contribution in [-0.2, 0) is 10.0 Å². The van der Waals surface area contributed by atoms with Crippen molar-refractivity contribution < 1.29 is 18.1 Å². The highest BCUT2D eigenvalue weighted by atomic mass is 32.2. The Morgan fingerprint density at radius 1 is 1.07 bits per heavy atom. The molecule has 7 heteroatoms. The van der Waals surface area contributed by atoms with E-state index in [2.05, 4.69) is 20.8 Å². The predicted octanol–water partition coefficient (Wildman–Crippen LogP) is 0.714. The molecule has 6 nitrogen and oxygen atoms in total. The number of sulfonamides is 1. The maximum atomic E-state index is 13.0. The molecule has 0 bridgehead atoms. The van der Waals surface area contributed by atoms with E-state index in [0.717, 1.165) is 39.1 Å². The van der Waals surface area contributed by atoms with Crippen LogP contribution in [0, 0.1) is 11.8 Å². The van der Waals surface area contributed by atoms with Gasteiger partial charge in [-0.2, -0.15) is 4.31 Å². The second-order valence-corrected chi connectivity index (χ2v) is 10.1. The van der Waals surface area contributed by atoms with E-state index in [0.29, 0.717) is 30.5 Å². The first-order valence-corrected chi connectivity index (χ1v) is 11.5. The largest absolute Gasteiger partial charge is 0.332 e. The van der Waals surface area contributed by atoms with Crippen LogP contribution in [0.3, 0.4) is 0 Å². The Balaban J connectivity index is 1.70. The van der Waals surface area contributed by atoms with E-state index in [1.807, 2.05) is 4.90 Å². The molecule has 0 radical (unpaired) electrons. The van der Waals surface area contributed by atoms with Crippen LogP contribution in [0.25, 0.3) is 0 Å². The molecule has 2 saturated heterocycles. The zero-order chi connectivity index (χ0) is 19.6. The number of nitrogens with zero attached hydrogens (tertiary/aromatic N) is 2. The van der Waals surface area contributed by atoms with Gasteiger partial charge in [0.15, 0.2) is 0 Å². The molecule has 0 aromatic heterocycles. The number of piperazine rings is 1. The van der Waals surface area contributed by atoms with Gasteiger partial charge in [-0.1, -0.05) is 13.8 Å². The summed E-state index contributed by atoms with van der Waals surface area (Å²) in [5.41, 5.74) is 0.564. The molecule has 0 unspecified atom stereocenters. The van der Waals surface area contributed by atoms with Gasteiger partial charge in [-0.25, -0.2) is 8.42 Å². The fraction of sp³-hybridized carbons (Fsp3) is 0.650. The zero-order valence-electron chi connectivity index (χ0n) is 16.6. The summed E-state index contributed by atoms with van der Waals surface area (Å²) < 4.78 is 27.5. The van der Waals surface area contributed by atoms with Crippen molar-refractivity contribution in [2.75, 3.05) is 45.8 Å². The summed E-state index contributed by atoms with van der Waals surface area (Å²) in [6.45, 7) is 12.0. The van der Waals surface area contributed by atoms with Gasteiger partial charge in [0.25, 0.3) is 5.91 Å². The molecule has 2 atom stereocenters. The Morgan fingerprint density at radius 2 is 1.63 bits per heavy atom. The topological polar surface area (TPSA) is 62.1 Å². The first-order chi connectivity index (χ1) is 12.8. The van der Waals surface area contributed by atoms with Crippen LogP contribution < -0.4 is 4.90 Å². The van der Waals surface area contributed by atoms with E-state index in [9.17, 15) is 13.2 Å². The average Bonchev–Trinajstić information content (AvgIpc) is 2.67. The molecule has 2 aliphatic rings. The van der Waals surface area contributed by atoms with E-state index >= 15 is 0 Å². The van der Waals surface area contributed by atoms with Gasteiger partial charge >= 0.3 is 0 Å². The van der Waals surface area contributed by atoms with E-state index in [4.69, 9.17) is 0 Å². The molecule has 1 aromatic carbocycles. The first kappa shape index (κ1) is 20.3. The van der Waals surface area contributed by atoms with Gasteiger partial charge in [0.1, 0.15) is 0 Å². The average molecular weight is 395 g/mol. The maximum absolute atomic E-state index is 13.0. The highest BCUT2D eigenvalue weighted by Crippen LogP contribution is 2.26. The van der Waals surface area contributed by atoms with Gasteiger partial charge < -0.3 is 9.80 Å². The molecule has 1 amide bonds. The van der Waals surface area contributed by atoms with Crippen molar-refractivity contribution in [2.24, 2.45) is 11.8 Å². The molecule has 1 N–H and O–H groups in total. The Bertz CT molecular complexity index is 745. The van der Waals surface area contributed by atoms with Crippen molar-refractivity contribution in [1.29, 1.82) is 0 Å². The van der Waals surface area contributed by atoms with Crippen LogP contribution in [0.1, 0.15) is 37.6 Å². The molecule has 27 heavy (non-hydrogen) atoms. The lowest BCUT2D eigenvalue weighted by Gasteiger charge is -2.34. The number of carbonyl (C=O) groups is 1. The summed E-state index contributed by atoms with van der Waals surface area (Å²) >= 11 is 0. The predicted molar refractivity (Wildman–Crippen MR) is 105 cm³/mol. The summed E-state index contributed by atoms with van der Waals surface area (Å²) in [7, 11) is -3.50. The quantitative estimate of drug-likeness (QED) is 0.818. The molecule has 150 valence electrons. The van der Waals surface area contributed by atoms with Crippen molar-refractivity contribution in [3.8, 4) is 0 Å². The lowest BCUT2D eigenvalue weighted by atomic mass is 9.94. The minimum Gasteiger partial charge on any atom is -0.332 e. The van der Waals surface area contributed by atoms with Gasteiger partial charge in [0.05, 0.1) is 37.6 Å². The molecule has 0 spiro atoms. The third kappa shape index (κ3) is 4.52. The highest BCUT2D eigenvalue weighted by Gasteiger charge is 2.32. The van der Waals surface area contributed by atoms with Crippen LogP contribution in [-0.4, -0.2) is 69.3 Å². The molecule has 2 heterocycles. The second-order valence-electron chi connectivity index (χ2n) is 8.19. The van der Waals surface area contributed by atoms with E-state index < -0.39 is 10.0 Å². The van der Waals surface area contributed by atoms with Gasteiger partial charge in [0.2, 0.25) is 10.0 Å². The molecule has 0 saturated carbocycles. The summed E-state index contributed by atoms with van der Waals surface area (Å²) in [6.07, 6.45) is 1.06. The SMILES string of the molecule is CC[NH+]1CCN(C(=O)c2ccc(S(=O)(=O)N3C[C@@H](C)C[C@H](C)C3)cc2)CC1. The van der Waals surface area contributed by atoms with E-state index in [1.165, 1.54) is 4.90 Å². The van der Waals surface area contributed by atoms with Gasteiger partial charge in [0, 0.05) is 18.7 Å². The number of amides is 1. The lowest BCUT2D eigenvalue weighted by molar-refractivity contribution is -0.902. The Kier molecular flexibility index (Phi) is 6.23. The van der Waals surface area contributed by atoms with Crippen LogP contribution in [0.5, 0.6) is 0 Å². The third-order valence-corrected chi connectivity index (χ3v) is 7.68. The van der Waals surface area contributed by atoms with E-state index in [1.54, 1.807) is 28.6 Å². The van der Waals surface area contributed by atoms with Gasteiger partial charge in [-0.15, -0.1) is 0 Å². The standard InChI is InChI=1S/C20H31N3O3S/c1-4-21-9-11-22(12-10-21)20(24)18-5-7-19(8-6-18)27(25,26)23-14-16(2)13-17(3)15-23/h5-8,16-17H,4,9-15H2,1-3H3/p+1/t16-,17-/m0/s1. The van der Waals surface area contributed by atoms with Crippen molar-refractivity contribution in [3.63, 3.8) is 0 Å². The minimum absolute atomic E-state index is 0.00526. The van der Waals surface area contributed by atoms with Gasteiger partial charge in [-0.05, 0) is 49.4 Å². The monoisotopic (exact) mass is 394 g/mol. The highest BCUT2D eigenvalue weighted by molar-refractivity contribution is 7.89. The van der Waals surface area contributed by atoms with Crippen LogP contribution in [0.2, 0.25) is 0 Å². The molecule has 3 rings (SSSR count). The summed E-state index contributed by atoms with van der Waals surface area (Å²) in [5.74, 6) is 0.732. The zero-order valence-corrected chi connectivity index (χ0v) is 17.5. The minimum atomic E-state index is -3.50. The number of carbonyl (C=O) groups excluding carboxylic acids is 1. The second kappa shape index (κ2) is 8.29. The molecular weight excluding hydrogens is 362 g/mol. The number of hydrogen-bond donors (Lipinski definition) is 1. The smallest absolute Gasteiger partial charge is 0.254 e. The van der Waals surface area contributed by atoms with E-state index in [-0.39, 0.29) is 10.8 Å². The molecule has 2 aliphatic heterocycles. The molecule has 2 fully saturated rings. The fourth-order valence-corrected chi connectivity index (χ4v) is 5.96. The van der Waals surface area contributed by atoms with Crippen molar-refractivity contribution >= 4 is 15.9 Å². The normalized spacial score (nSPS) is 25.5. The summed E-state index contributed by atoms with van der Waals surface area (Å²) in [6, 6.07) is 6.48. The van der Waals surface area contributed by atoms with Crippen LogP contribution >= 0.6 is 0 Å². The number of piperidine rings is 1. The van der Waals surface area contributed by atoms with Gasteiger partial charge in [-0.3, -0.25) is 4.79 Å². The fourth-order valence-electron chi connectivity index (χ4n) is 4.28. The molecular formula is C20H32N3O3S+. The Morgan fingerprint density at radius 3 is 2.15 bits per heavy atom. The van der Waals surface area contributed by atoms with Crippen molar-refractivity contribution in [1.82, 2.24) is 9.21 Å². The molecule has 1 aromatic rings. The first-order valence-electron chi connectivity index (χ1n) is 10.0. The Labute approximate surface area is 163 Å². The number of nitrogens with one attached hydrogen (secondary N) is 1. The number of likely N-dealkylation sites (N-methyl/N-ethyl adjacent to an activating group) is 1. The number of quaternary nitrogens is 1. The van der Waals surface area contributed by atoms with Crippen molar-refractivity contribution in [2.45, 2.75) is 32.1 Å².